The number of carbonyl (C=O) groups is 1. The molecule has 38 heavy (non-hydrogen) atoms. The lowest BCUT2D eigenvalue weighted by atomic mass is 9.43. The Bertz CT molecular complexity index is 1050. The fraction of sp³-hybridized carbons (Fsp3) is 0.806. The van der Waals surface area contributed by atoms with Crippen LogP contribution < -0.4 is 5.63 Å². The SMILES string of the molecule is CCN(CCN(C)C)C(=O)O[C@H]1CC[C@@]2(C)[C@H](CC[C@@H]3[C@@H]2CCC2(C)[C@@H](c4ccc(=O)oc4)CC[C@]32O)C1. The number of hydrogen-bond acceptors (Lipinski definition) is 6. The molecule has 4 fully saturated rings. The van der Waals surface area contributed by atoms with E-state index in [4.69, 9.17) is 9.15 Å². The van der Waals surface area contributed by atoms with Gasteiger partial charge in [-0.1, -0.05) is 13.8 Å². The second-order valence-corrected chi connectivity index (χ2v) is 13.5. The van der Waals surface area contributed by atoms with Gasteiger partial charge in [-0.05, 0) is 120 Å². The van der Waals surface area contributed by atoms with Crippen LogP contribution in [0.2, 0.25) is 0 Å². The topological polar surface area (TPSA) is 83.2 Å². The molecule has 0 saturated heterocycles. The number of rotatable bonds is 6. The highest BCUT2D eigenvalue weighted by molar-refractivity contribution is 5.67. The molecule has 1 unspecified atom stereocenters. The maximum Gasteiger partial charge on any atom is 0.410 e. The Hall–Kier alpha value is -1.86. The number of fused-ring (bicyclic) bond motifs is 5. The average molecular weight is 529 g/mol. The van der Waals surface area contributed by atoms with Crippen molar-refractivity contribution in [1.82, 2.24) is 9.80 Å². The van der Waals surface area contributed by atoms with Gasteiger partial charge in [0.15, 0.2) is 0 Å². The molecule has 0 radical (unpaired) electrons. The molecule has 5 rings (SSSR count). The summed E-state index contributed by atoms with van der Waals surface area (Å²) >= 11 is 0. The summed E-state index contributed by atoms with van der Waals surface area (Å²) in [4.78, 5) is 28.4. The molecular weight excluding hydrogens is 480 g/mol. The van der Waals surface area contributed by atoms with Gasteiger partial charge in [0.2, 0.25) is 0 Å². The van der Waals surface area contributed by atoms with Crippen LogP contribution >= 0.6 is 0 Å². The normalized spacial score (nSPS) is 40.2. The third-order valence-corrected chi connectivity index (χ3v) is 11.7. The summed E-state index contributed by atoms with van der Waals surface area (Å²) in [7, 11) is 4.04. The summed E-state index contributed by atoms with van der Waals surface area (Å²) < 4.78 is 11.3. The van der Waals surface area contributed by atoms with Gasteiger partial charge in [-0.25, -0.2) is 9.59 Å². The minimum atomic E-state index is -0.692. The molecule has 0 bridgehead atoms. The van der Waals surface area contributed by atoms with E-state index in [0.717, 1.165) is 69.9 Å². The van der Waals surface area contributed by atoms with E-state index in [9.17, 15) is 14.7 Å². The van der Waals surface area contributed by atoms with E-state index < -0.39 is 5.60 Å². The molecule has 8 atom stereocenters. The first-order valence-corrected chi connectivity index (χ1v) is 14.9. The first-order chi connectivity index (χ1) is 18.0. The van der Waals surface area contributed by atoms with Crippen LogP contribution in [0.4, 0.5) is 4.79 Å². The zero-order valence-corrected chi connectivity index (χ0v) is 24.1. The van der Waals surface area contributed by atoms with Crippen LogP contribution in [0.1, 0.15) is 90.0 Å². The molecule has 1 aromatic heterocycles. The fourth-order valence-corrected chi connectivity index (χ4v) is 9.31. The van der Waals surface area contributed by atoms with Gasteiger partial charge in [-0.15, -0.1) is 0 Å². The van der Waals surface area contributed by atoms with Gasteiger partial charge in [0.1, 0.15) is 6.10 Å². The first-order valence-electron chi connectivity index (χ1n) is 14.9. The zero-order chi connectivity index (χ0) is 27.3. The highest BCUT2D eigenvalue weighted by atomic mass is 16.6. The molecule has 1 amide bonds. The van der Waals surface area contributed by atoms with E-state index in [-0.39, 0.29) is 34.6 Å². The second-order valence-electron chi connectivity index (χ2n) is 13.5. The van der Waals surface area contributed by atoms with Crippen molar-refractivity contribution in [3.63, 3.8) is 0 Å². The molecule has 0 spiro atoms. The van der Waals surface area contributed by atoms with Crippen LogP contribution in [0.3, 0.4) is 0 Å². The van der Waals surface area contributed by atoms with Gasteiger partial charge in [0.25, 0.3) is 0 Å². The van der Waals surface area contributed by atoms with Crippen molar-refractivity contribution in [2.45, 2.75) is 96.2 Å². The summed E-state index contributed by atoms with van der Waals surface area (Å²) in [6, 6.07) is 3.42. The van der Waals surface area contributed by atoms with Gasteiger partial charge < -0.3 is 24.1 Å². The predicted octanol–water partition coefficient (Wildman–Crippen LogP) is 5.27. The number of aliphatic hydroxyl groups is 1. The largest absolute Gasteiger partial charge is 0.446 e. The number of carbonyl (C=O) groups excluding carboxylic acids is 1. The quantitative estimate of drug-likeness (QED) is 0.542. The van der Waals surface area contributed by atoms with E-state index in [0.29, 0.717) is 30.8 Å². The molecule has 1 heterocycles. The molecule has 1 aromatic rings. The summed E-state index contributed by atoms with van der Waals surface area (Å²) in [5.74, 6) is 1.53. The molecule has 0 aliphatic heterocycles. The van der Waals surface area contributed by atoms with E-state index in [1.165, 1.54) is 6.07 Å². The third-order valence-electron chi connectivity index (χ3n) is 11.7. The van der Waals surface area contributed by atoms with Crippen molar-refractivity contribution >= 4 is 6.09 Å². The average Bonchev–Trinajstić information content (AvgIpc) is 3.16. The predicted molar refractivity (Wildman–Crippen MR) is 147 cm³/mol. The van der Waals surface area contributed by atoms with E-state index in [1.807, 2.05) is 32.0 Å². The van der Waals surface area contributed by atoms with Crippen molar-refractivity contribution < 1.29 is 19.1 Å². The Kier molecular flexibility index (Phi) is 7.49. The van der Waals surface area contributed by atoms with Crippen molar-refractivity contribution in [2.24, 2.45) is 28.6 Å². The molecule has 4 saturated carbocycles. The van der Waals surface area contributed by atoms with Gasteiger partial charge in [0, 0.05) is 31.1 Å². The number of hydrogen-bond donors (Lipinski definition) is 1. The smallest absolute Gasteiger partial charge is 0.410 e. The molecule has 1 N–H and O–H groups in total. The van der Waals surface area contributed by atoms with Crippen LogP contribution in [0.25, 0.3) is 0 Å². The standard InChI is InChI=1S/C31H48N2O5/c1-6-33(18-17-32(4)5)28(35)38-23-11-14-29(2)22(19-23)8-9-26-25(29)12-15-30(3)24(13-16-31(26,30)36)21-7-10-27(34)37-20-21/h7,10,20,22-26,36H,6,8-9,11-19H2,1-5H3/t22-,23+,24-,25+,26-,29+,30?,31+/m1/s1. The van der Waals surface area contributed by atoms with Crippen LogP contribution in [-0.4, -0.2) is 66.4 Å². The third kappa shape index (κ3) is 4.51. The Morgan fingerprint density at radius 1 is 1.05 bits per heavy atom. The Balaban J connectivity index is 1.28. The fourth-order valence-electron chi connectivity index (χ4n) is 9.31. The molecule has 7 nitrogen and oxygen atoms in total. The molecule has 4 aliphatic carbocycles. The number of nitrogens with zero attached hydrogens (tertiary/aromatic N) is 2. The Labute approximate surface area is 227 Å². The van der Waals surface area contributed by atoms with Crippen LogP contribution in [0.5, 0.6) is 0 Å². The highest BCUT2D eigenvalue weighted by Gasteiger charge is 2.67. The van der Waals surface area contributed by atoms with Crippen LogP contribution in [0.15, 0.2) is 27.6 Å². The van der Waals surface area contributed by atoms with Gasteiger partial charge in [-0.3, -0.25) is 0 Å². The monoisotopic (exact) mass is 528 g/mol. The maximum absolute atomic E-state index is 12.9. The van der Waals surface area contributed by atoms with Crippen molar-refractivity contribution in [3.8, 4) is 0 Å². The van der Waals surface area contributed by atoms with Gasteiger partial charge >= 0.3 is 11.7 Å². The van der Waals surface area contributed by atoms with Crippen LogP contribution in [-0.2, 0) is 4.74 Å². The lowest BCUT2D eigenvalue weighted by molar-refractivity contribution is -0.205. The van der Waals surface area contributed by atoms with E-state index in [1.54, 1.807) is 6.26 Å². The van der Waals surface area contributed by atoms with Crippen LogP contribution in [0, 0.1) is 28.6 Å². The molecule has 7 heteroatoms. The first kappa shape index (κ1) is 27.7. The lowest BCUT2D eigenvalue weighted by Crippen LogP contribution is -2.62. The summed E-state index contributed by atoms with van der Waals surface area (Å²) in [6.07, 6.45) is 10.4. The highest BCUT2D eigenvalue weighted by Crippen LogP contribution is 2.70. The summed E-state index contributed by atoms with van der Waals surface area (Å²) in [5.41, 5.74) is 0.00720. The minimum absolute atomic E-state index is 0.00827. The Morgan fingerprint density at radius 2 is 1.84 bits per heavy atom. The van der Waals surface area contributed by atoms with E-state index in [2.05, 4.69) is 18.7 Å². The summed E-state index contributed by atoms with van der Waals surface area (Å²) in [6.45, 7) is 8.95. The zero-order valence-electron chi connectivity index (χ0n) is 24.1. The molecule has 4 aliphatic rings. The van der Waals surface area contributed by atoms with Gasteiger partial charge in [0.05, 0.1) is 11.9 Å². The number of likely N-dealkylation sites (N-methyl/N-ethyl adjacent to an activating group) is 2. The molecular formula is C31H48N2O5. The minimum Gasteiger partial charge on any atom is -0.446 e. The van der Waals surface area contributed by atoms with Gasteiger partial charge in [-0.2, -0.15) is 0 Å². The summed E-state index contributed by atoms with van der Waals surface area (Å²) in [5, 5.41) is 12.4. The number of amides is 1. The van der Waals surface area contributed by atoms with Crippen molar-refractivity contribution in [1.29, 1.82) is 0 Å². The molecule has 0 aromatic carbocycles. The number of ether oxygens (including phenoxy) is 1. The van der Waals surface area contributed by atoms with Crippen molar-refractivity contribution in [3.05, 3.63) is 34.4 Å². The van der Waals surface area contributed by atoms with Crippen molar-refractivity contribution in [2.75, 3.05) is 33.7 Å². The Morgan fingerprint density at radius 3 is 2.53 bits per heavy atom. The molecule has 212 valence electrons. The lowest BCUT2D eigenvalue weighted by Gasteiger charge is -2.63. The maximum atomic E-state index is 12.9. The van der Waals surface area contributed by atoms with E-state index >= 15 is 0 Å². The second kappa shape index (κ2) is 10.3.